The number of non-ortho nitro benzene ring substituents is 1. The number of hydrogen-bond acceptors (Lipinski definition) is 5. The van der Waals surface area contributed by atoms with Gasteiger partial charge in [0.1, 0.15) is 6.04 Å². The van der Waals surface area contributed by atoms with Gasteiger partial charge >= 0.3 is 5.97 Å². The van der Waals surface area contributed by atoms with Gasteiger partial charge in [0.15, 0.2) is 0 Å². The minimum atomic E-state index is -1.29. The number of amides is 1. The topological polar surface area (TPSA) is 142 Å². The van der Waals surface area contributed by atoms with E-state index < -0.39 is 28.6 Å². The number of rotatable bonds is 7. The lowest BCUT2D eigenvalue weighted by atomic mass is 10.0. The third-order valence-electron chi connectivity index (χ3n) is 4.21. The normalized spacial score (nSPS) is 11.7. The molecule has 0 aliphatic rings. The maximum absolute atomic E-state index is 12.5. The van der Waals surface area contributed by atoms with E-state index in [1.165, 1.54) is 24.4 Å². The SMILES string of the molecule is O=C(N[C@H](Cc1ccccc1)C(=O)O)C(=O)c1c[nH]c2ccc([N+](=O)[O-])cc12. The summed E-state index contributed by atoms with van der Waals surface area (Å²) in [6.07, 6.45) is 1.28. The van der Waals surface area contributed by atoms with E-state index in [0.29, 0.717) is 11.1 Å². The molecule has 3 N–H and O–H groups in total. The van der Waals surface area contributed by atoms with Gasteiger partial charge in [-0.05, 0) is 11.6 Å². The number of carbonyl (C=O) groups excluding carboxylic acids is 2. The average molecular weight is 381 g/mol. The number of nitrogens with one attached hydrogen (secondary N) is 2. The molecule has 0 fully saturated rings. The molecule has 0 aliphatic heterocycles. The fourth-order valence-electron chi connectivity index (χ4n) is 2.81. The molecule has 0 saturated heterocycles. The molecule has 0 bridgehead atoms. The van der Waals surface area contributed by atoms with Crippen molar-refractivity contribution < 1.29 is 24.4 Å². The number of H-pyrrole nitrogens is 1. The van der Waals surface area contributed by atoms with E-state index in [4.69, 9.17) is 0 Å². The number of fused-ring (bicyclic) bond motifs is 1. The summed E-state index contributed by atoms with van der Waals surface area (Å²) in [5.74, 6) is -3.36. The molecule has 1 amide bonds. The van der Waals surface area contributed by atoms with Gasteiger partial charge in [0.2, 0.25) is 0 Å². The number of nitro benzene ring substituents is 1. The Labute approximate surface area is 158 Å². The molecule has 3 aromatic rings. The Morgan fingerprint density at radius 2 is 1.86 bits per heavy atom. The Hall–Kier alpha value is -4.01. The van der Waals surface area contributed by atoms with Crippen molar-refractivity contribution in [3.63, 3.8) is 0 Å². The highest BCUT2D eigenvalue weighted by Crippen LogP contribution is 2.24. The van der Waals surface area contributed by atoms with Gasteiger partial charge in [0, 0.05) is 35.7 Å². The van der Waals surface area contributed by atoms with E-state index in [-0.39, 0.29) is 23.1 Å². The second kappa shape index (κ2) is 7.70. The lowest BCUT2D eigenvalue weighted by molar-refractivity contribution is -0.384. The zero-order chi connectivity index (χ0) is 20.3. The van der Waals surface area contributed by atoms with Gasteiger partial charge in [0.05, 0.1) is 10.5 Å². The van der Waals surface area contributed by atoms with Gasteiger partial charge in [-0.1, -0.05) is 30.3 Å². The maximum Gasteiger partial charge on any atom is 0.326 e. The molecule has 3 rings (SSSR count). The van der Waals surface area contributed by atoms with Crippen LogP contribution in [0.3, 0.4) is 0 Å². The lowest BCUT2D eigenvalue weighted by Crippen LogP contribution is -2.45. The van der Waals surface area contributed by atoms with E-state index in [0.717, 1.165) is 0 Å². The summed E-state index contributed by atoms with van der Waals surface area (Å²) in [5.41, 5.74) is 0.834. The Morgan fingerprint density at radius 3 is 2.50 bits per heavy atom. The van der Waals surface area contributed by atoms with Crippen LogP contribution < -0.4 is 5.32 Å². The van der Waals surface area contributed by atoms with Gasteiger partial charge in [-0.15, -0.1) is 0 Å². The second-order valence-corrected chi connectivity index (χ2v) is 6.07. The largest absolute Gasteiger partial charge is 0.480 e. The van der Waals surface area contributed by atoms with Crippen LogP contribution in [-0.2, 0) is 16.0 Å². The van der Waals surface area contributed by atoms with Crippen LogP contribution in [0.15, 0.2) is 54.7 Å². The predicted molar refractivity (Wildman–Crippen MR) is 99.0 cm³/mol. The molecule has 0 unspecified atom stereocenters. The van der Waals surface area contributed by atoms with Gasteiger partial charge in [-0.3, -0.25) is 19.7 Å². The van der Waals surface area contributed by atoms with Crippen molar-refractivity contribution in [2.45, 2.75) is 12.5 Å². The van der Waals surface area contributed by atoms with Crippen LogP contribution >= 0.6 is 0 Å². The van der Waals surface area contributed by atoms with Crippen molar-refractivity contribution in [2.75, 3.05) is 0 Å². The van der Waals surface area contributed by atoms with Crippen LogP contribution in [0.4, 0.5) is 5.69 Å². The van der Waals surface area contributed by atoms with Crippen molar-refractivity contribution in [2.24, 2.45) is 0 Å². The highest BCUT2D eigenvalue weighted by Gasteiger charge is 2.27. The second-order valence-electron chi connectivity index (χ2n) is 6.07. The Kier molecular flexibility index (Phi) is 5.16. The van der Waals surface area contributed by atoms with E-state index in [1.54, 1.807) is 30.3 Å². The van der Waals surface area contributed by atoms with Crippen molar-refractivity contribution >= 4 is 34.3 Å². The molecular weight excluding hydrogens is 366 g/mol. The van der Waals surface area contributed by atoms with Crippen LogP contribution in [0.2, 0.25) is 0 Å². The molecule has 0 aliphatic carbocycles. The zero-order valence-corrected chi connectivity index (χ0v) is 14.4. The summed E-state index contributed by atoms with van der Waals surface area (Å²) in [5, 5.41) is 22.7. The number of carboxylic acid groups (broad SMARTS) is 1. The van der Waals surface area contributed by atoms with Gasteiger partial charge in [-0.2, -0.15) is 0 Å². The summed E-state index contributed by atoms with van der Waals surface area (Å²) in [7, 11) is 0. The van der Waals surface area contributed by atoms with Crippen molar-refractivity contribution in [3.8, 4) is 0 Å². The molecule has 0 saturated carbocycles. The van der Waals surface area contributed by atoms with E-state index in [2.05, 4.69) is 10.3 Å². The summed E-state index contributed by atoms with van der Waals surface area (Å²) in [6, 6.07) is 11.3. The molecule has 9 nitrogen and oxygen atoms in total. The summed E-state index contributed by atoms with van der Waals surface area (Å²) in [6.45, 7) is 0. The minimum absolute atomic E-state index is 0.00848. The van der Waals surface area contributed by atoms with Crippen molar-refractivity contribution in [3.05, 3.63) is 76.0 Å². The fourth-order valence-corrected chi connectivity index (χ4v) is 2.81. The minimum Gasteiger partial charge on any atom is -0.480 e. The average Bonchev–Trinajstić information content (AvgIpc) is 3.10. The standard InChI is InChI=1S/C19H15N3O6/c23-17(14-10-20-15-7-6-12(22(27)28)9-13(14)15)18(24)21-16(19(25)26)8-11-4-2-1-3-5-11/h1-7,9-10,16,20H,8H2,(H,21,24)(H,25,26)/t16-/m1/s1. The summed E-state index contributed by atoms with van der Waals surface area (Å²) < 4.78 is 0. The summed E-state index contributed by atoms with van der Waals surface area (Å²) in [4.78, 5) is 49.4. The van der Waals surface area contributed by atoms with Crippen LogP contribution in [0.25, 0.3) is 10.9 Å². The molecular formula is C19H15N3O6. The number of carbonyl (C=O) groups is 3. The molecule has 9 heteroatoms. The monoisotopic (exact) mass is 381 g/mol. The molecule has 1 atom stereocenters. The maximum atomic E-state index is 12.5. The third kappa shape index (κ3) is 3.88. The van der Waals surface area contributed by atoms with Gasteiger partial charge in [-0.25, -0.2) is 4.79 Å². The number of Topliss-reactive ketones (excluding diaryl/α,β-unsaturated/α-hetero) is 1. The molecule has 1 aromatic heterocycles. The van der Waals surface area contributed by atoms with Crippen molar-refractivity contribution in [1.29, 1.82) is 0 Å². The molecule has 28 heavy (non-hydrogen) atoms. The van der Waals surface area contributed by atoms with Crippen LogP contribution in [0.5, 0.6) is 0 Å². The molecule has 0 radical (unpaired) electrons. The number of aromatic amines is 1. The molecule has 1 heterocycles. The van der Waals surface area contributed by atoms with Crippen LogP contribution in [-0.4, -0.2) is 38.7 Å². The molecule has 2 aromatic carbocycles. The van der Waals surface area contributed by atoms with E-state index in [9.17, 15) is 29.6 Å². The highest BCUT2D eigenvalue weighted by molar-refractivity contribution is 6.45. The third-order valence-corrected chi connectivity index (χ3v) is 4.21. The fraction of sp³-hybridized carbons (Fsp3) is 0.105. The highest BCUT2D eigenvalue weighted by atomic mass is 16.6. The number of nitro groups is 1. The first-order valence-electron chi connectivity index (χ1n) is 8.24. The quantitative estimate of drug-likeness (QED) is 0.247. The lowest BCUT2D eigenvalue weighted by Gasteiger charge is -2.14. The first kappa shape index (κ1) is 18.8. The number of nitrogens with zero attached hydrogens (tertiary/aromatic N) is 1. The first-order valence-corrected chi connectivity index (χ1v) is 8.24. The molecule has 0 spiro atoms. The Morgan fingerprint density at radius 1 is 1.14 bits per heavy atom. The predicted octanol–water partition coefficient (Wildman–Crippen LogP) is 2.07. The number of ketones is 1. The van der Waals surface area contributed by atoms with Crippen LogP contribution in [0.1, 0.15) is 15.9 Å². The van der Waals surface area contributed by atoms with E-state index in [1.807, 2.05) is 0 Å². The smallest absolute Gasteiger partial charge is 0.326 e. The van der Waals surface area contributed by atoms with Gasteiger partial charge in [0.25, 0.3) is 17.4 Å². The van der Waals surface area contributed by atoms with E-state index >= 15 is 0 Å². The first-order chi connectivity index (χ1) is 13.4. The van der Waals surface area contributed by atoms with Gasteiger partial charge < -0.3 is 15.4 Å². The number of carboxylic acids is 1. The van der Waals surface area contributed by atoms with Crippen molar-refractivity contribution in [1.82, 2.24) is 10.3 Å². The number of hydrogen-bond donors (Lipinski definition) is 3. The number of aliphatic carboxylic acids is 1. The number of aromatic nitrogens is 1. The number of benzene rings is 2. The summed E-state index contributed by atoms with van der Waals surface area (Å²) >= 11 is 0. The molecule has 142 valence electrons. The Balaban J connectivity index is 1.82. The van der Waals surface area contributed by atoms with Crippen LogP contribution in [0, 0.1) is 10.1 Å². The zero-order valence-electron chi connectivity index (χ0n) is 14.4. The Bertz CT molecular complexity index is 1070.